The van der Waals surface area contributed by atoms with E-state index in [0.717, 1.165) is 18.2 Å². The highest BCUT2D eigenvalue weighted by Gasteiger charge is 2.13. The van der Waals surface area contributed by atoms with Crippen LogP contribution in [0.15, 0.2) is 0 Å². The molecule has 0 aromatic carbocycles. The summed E-state index contributed by atoms with van der Waals surface area (Å²) in [5.74, 6) is 0.668. The van der Waals surface area contributed by atoms with Crippen LogP contribution in [0.2, 0.25) is 0 Å². The lowest BCUT2D eigenvalue weighted by molar-refractivity contribution is 0.726. The zero-order valence-corrected chi connectivity index (χ0v) is 9.46. The molecule has 1 aromatic rings. The fourth-order valence-electron chi connectivity index (χ4n) is 1.78. The highest BCUT2D eigenvalue weighted by molar-refractivity contribution is 7.09. The molecule has 1 saturated heterocycles. The topological polar surface area (TPSA) is 52.8 Å². The number of hydrogen-bond donors (Lipinski definition) is 0. The van der Waals surface area contributed by atoms with Crippen LogP contribution in [0.25, 0.3) is 0 Å². The molecule has 0 amide bonds. The second kappa shape index (κ2) is 5.08. The minimum atomic E-state index is 0.324. The van der Waals surface area contributed by atoms with Crippen molar-refractivity contribution >= 4 is 16.7 Å². The molecule has 1 fully saturated rings. The Morgan fingerprint density at radius 1 is 1.27 bits per heavy atom. The molecule has 4 nitrogen and oxygen atoms in total. The van der Waals surface area contributed by atoms with Crippen molar-refractivity contribution in [2.45, 2.75) is 32.1 Å². The molecule has 2 rings (SSSR count). The van der Waals surface area contributed by atoms with Gasteiger partial charge >= 0.3 is 0 Å². The lowest BCUT2D eigenvalue weighted by Crippen LogP contribution is -2.23. The third-order valence-corrected chi connectivity index (χ3v) is 3.39. The number of rotatable bonds is 2. The first-order chi connectivity index (χ1) is 7.40. The van der Waals surface area contributed by atoms with Gasteiger partial charge in [-0.1, -0.05) is 12.8 Å². The van der Waals surface area contributed by atoms with Gasteiger partial charge in [0.05, 0.1) is 12.5 Å². The van der Waals surface area contributed by atoms with E-state index in [1.165, 1.54) is 37.2 Å². The van der Waals surface area contributed by atoms with Gasteiger partial charge in [0, 0.05) is 24.6 Å². The molecular formula is C10H14N4S. The van der Waals surface area contributed by atoms with Gasteiger partial charge in [-0.2, -0.15) is 9.64 Å². The van der Waals surface area contributed by atoms with Crippen LogP contribution in [0.1, 0.15) is 31.5 Å². The van der Waals surface area contributed by atoms with Crippen LogP contribution in [-0.4, -0.2) is 22.4 Å². The molecule has 0 aliphatic carbocycles. The van der Waals surface area contributed by atoms with Gasteiger partial charge in [0.15, 0.2) is 5.82 Å². The first-order valence-corrected chi connectivity index (χ1v) is 6.12. The average Bonchev–Trinajstić information content (AvgIpc) is 2.53. The predicted octanol–water partition coefficient (Wildman–Crippen LogP) is 1.98. The molecule has 0 N–H and O–H groups in total. The molecule has 0 atom stereocenters. The first kappa shape index (κ1) is 10.4. The van der Waals surface area contributed by atoms with Crippen molar-refractivity contribution in [3.05, 3.63) is 5.82 Å². The van der Waals surface area contributed by atoms with Gasteiger partial charge in [-0.15, -0.1) is 0 Å². The molecule has 0 unspecified atom stereocenters. The molecule has 1 aliphatic heterocycles. The Morgan fingerprint density at radius 3 is 2.67 bits per heavy atom. The van der Waals surface area contributed by atoms with E-state index >= 15 is 0 Å². The summed E-state index contributed by atoms with van der Waals surface area (Å²) in [7, 11) is 0. The van der Waals surface area contributed by atoms with Gasteiger partial charge < -0.3 is 4.90 Å². The molecule has 0 saturated carbocycles. The SMILES string of the molecule is N#CCc1nsc(N2CCCCCC2)n1. The summed E-state index contributed by atoms with van der Waals surface area (Å²) in [4.78, 5) is 6.67. The maximum absolute atomic E-state index is 8.55. The lowest BCUT2D eigenvalue weighted by atomic mass is 10.2. The van der Waals surface area contributed by atoms with Gasteiger partial charge in [0.25, 0.3) is 0 Å². The number of anilines is 1. The zero-order valence-electron chi connectivity index (χ0n) is 8.65. The van der Waals surface area contributed by atoms with Crippen molar-refractivity contribution in [1.82, 2.24) is 9.36 Å². The number of aromatic nitrogens is 2. The standard InChI is InChI=1S/C10H14N4S/c11-6-5-9-12-10(15-13-9)14-7-3-1-2-4-8-14/h1-5,7-8H2. The summed E-state index contributed by atoms with van der Waals surface area (Å²) >= 11 is 1.42. The summed E-state index contributed by atoms with van der Waals surface area (Å²) in [5, 5.41) is 9.53. The van der Waals surface area contributed by atoms with Gasteiger partial charge in [-0.3, -0.25) is 0 Å². The van der Waals surface area contributed by atoms with Crippen molar-refractivity contribution in [1.29, 1.82) is 5.26 Å². The fourth-order valence-corrected chi connectivity index (χ4v) is 2.51. The molecule has 0 spiro atoms. The summed E-state index contributed by atoms with van der Waals surface area (Å²) in [6, 6.07) is 2.08. The Labute approximate surface area is 93.7 Å². The van der Waals surface area contributed by atoms with Crippen LogP contribution < -0.4 is 4.90 Å². The molecular weight excluding hydrogens is 208 g/mol. The van der Waals surface area contributed by atoms with E-state index in [0.29, 0.717) is 12.2 Å². The normalized spacial score (nSPS) is 17.1. The quantitative estimate of drug-likeness (QED) is 0.768. The van der Waals surface area contributed by atoms with Gasteiger partial charge in [0.1, 0.15) is 0 Å². The highest BCUT2D eigenvalue weighted by atomic mass is 32.1. The van der Waals surface area contributed by atoms with E-state index in [9.17, 15) is 0 Å². The predicted molar refractivity (Wildman–Crippen MR) is 59.9 cm³/mol. The van der Waals surface area contributed by atoms with Crippen molar-refractivity contribution in [2.75, 3.05) is 18.0 Å². The zero-order chi connectivity index (χ0) is 10.5. The maximum Gasteiger partial charge on any atom is 0.205 e. The van der Waals surface area contributed by atoms with Crippen LogP contribution in [0.5, 0.6) is 0 Å². The lowest BCUT2D eigenvalue weighted by Gasteiger charge is -2.17. The van der Waals surface area contributed by atoms with E-state index in [4.69, 9.17) is 5.26 Å². The Kier molecular flexibility index (Phi) is 3.51. The van der Waals surface area contributed by atoms with E-state index < -0.39 is 0 Å². The van der Waals surface area contributed by atoms with E-state index in [1.54, 1.807) is 0 Å². The largest absolute Gasteiger partial charge is 0.347 e. The third kappa shape index (κ3) is 2.66. The summed E-state index contributed by atoms with van der Waals surface area (Å²) in [6.45, 7) is 2.17. The molecule has 15 heavy (non-hydrogen) atoms. The molecule has 1 aromatic heterocycles. The van der Waals surface area contributed by atoms with Crippen molar-refractivity contribution < 1.29 is 0 Å². The number of hydrogen-bond acceptors (Lipinski definition) is 5. The van der Waals surface area contributed by atoms with Gasteiger partial charge in [-0.05, 0) is 12.8 Å². The Hall–Kier alpha value is -1.15. The van der Waals surface area contributed by atoms with E-state index in [2.05, 4.69) is 20.3 Å². The van der Waals surface area contributed by atoms with Crippen LogP contribution in [0, 0.1) is 11.3 Å². The van der Waals surface area contributed by atoms with Crippen LogP contribution in [0.3, 0.4) is 0 Å². The molecule has 0 radical (unpaired) electrons. The average molecular weight is 222 g/mol. The Morgan fingerprint density at radius 2 is 2.00 bits per heavy atom. The second-order valence-electron chi connectivity index (χ2n) is 3.73. The minimum Gasteiger partial charge on any atom is -0.347 e. The fraction of sp³-hybridized carbons (Fsp3) is 0.700. The third-order valence-electron chi connectivity index (χ3n) is 2.57. The van der Waals surface area contributed by atoms with Crippen LogP contribution in [0.4, 0.5) is 5.13 Å². The molecule has 80 valence electrons. The number of nitriles is 1. The van der Waals surface area contributed by atoms with Crippen LogP contribution >= 0.6 is 11.5 Å². The van der Waals surface area contributed by atoms with Crippen LogP contribution in [-0.2, 0) is 6.42 Å². The van der Waals surface area contributed by atoms with E-state index in [-0.39, 0.29) is 0 Å². The van der Waals surface area contributed by atoms with E-state index in [1.807, 2.05) is 0 Å². The van der Waals surface area contributed by atoms with Crippen molar-refractivity contribution in [3.63, 3.8) is 0 Å². The number of nitrogens with zero attached hydrogens (tertiary/aromatic N) is 4. The van der Waals surface area contributed by atoms with Crippen molar-refractivity contribution in [3.8, 4) is 6.07 Å². The smallest absolute Gasteiger partial charge is 0.205 e. The Balaban J connectivity index is 2.04. The first-order valence-electron chi connectivity index (χ1n) is 5.34. The molecule has 0 bridgehead atoms. The minimum absolute atomic E-state index is 0.324. The van der Waals surface area contributed by atoms with Gasteiger partial charge in [-0.25, -0.2) is 4.98 Å². The second-order valence-corrected chi connectivity index (χ2v) is 4.46. The summed E-state index contributed by atoms with van der Waals surface area (Å²) in [6.07, 6.45) is 5.45. The Bertz CT molecular complexity index is 347. The summed E-state index contributed by atoms with van der Waals surface area (Å²) < 4.78 is 4.18. The molecule has 2 heterocycles. The molecule has 1 aliphatic rings. The highest BCUT2D eigenvalue weighted by Crippen LogP contribution is 2.21. The maximum atomic E-state index is 8.55. The molecule has 5 heteroatoms. The van der Waals surface area contributed by atoms with Crippen molar-refractivity contribution in [2.24, 2.45) is 0 Å². The summed E-state index contributed by atoms with van der Waals surface area (Å²) in [5.41, 5.74) is 0. The van der Waals surface area contributed by atoms with Gasteiger partial charge in [0.2, 0.25) is 5.13 Å². The monoisotopic (exact) mass is 222 g/mol.